The molecule has 0 saturated carbocycles. The van der Waals surface area contributed by atoms with Gasteiger partial charge in [-0.15, -0.1) is 0 Å². The van der Waals surface area contributed by atoms with Crippen molar-refractivity contribution in [3.63, 3.8) is 0 Å². The van der Waals surface area contributed by atoms with Gasteiger partial charge >= 0.3 is 11.9 Å². The van der Waals surface area contributed by atoms with Gasteiger partial charge in [0, 0.05) is 18.3 Å². The maximum absolute atomic E-state index is 12.4. The van der Waals surface area contributed by atoms with E-state index in [4.69, 9.17) is 19.3 Å². The van der Waals surface area contributed by atoms with Crippen molar-refractivity contribution in [1.29, 1.82) is 0 Å². The van der Waals surface area contributed by atoms with Crippen molar-refractivity contribution < 1.29 is 38.5 Å². The molecule has 2 N–H and O–H groups in total. The number of carboxylic acid groups (broad SMARTS) is 1. The van der Waals surface area contributed by atoms with Gasteiger partial charge in [0.25, 0.3) is 5.91 Å². The van der Waals surface area contributed by atoms with Crippen LogP contribution in [0.4, 0.5) is 5.69 Å². The number of carbonyl (C=O) groups is 4. The van der Waals surface area contributed by atoms with Gasteiger partial charge in [0.15, 0.2) is 0 Å². The summed E-state index contributed by atoms with van der Waals surface area (Å²) in [5.74, 6) is 0.0231. The lowest BCUT2D eigenvalue weighted by molar-refractivity contribution is -0.135. The molecule has 4 aromatic rings. The van der Waals surface area contributed by atoms with Crippen LogP contribution < -0.4 is 24.4 Å². The maximum atomic E-state index is 12.4. The number of nitrogens with one attached hydrogen (secondary N) is 1. The number of benzene rings is 4. The van der Waals surface area contributed by atoms with Crippen LogP contribution in [0.1, 0.15) is 70.9 Å². The smallest absolute Gasteiger partial charge is 0.343 e. The van der Waals surface area contributed by atoms with Crippen molar-refractivity contribution in [3.05, 3.63) is 119 Å². The lowest BCUT2D eigenvalue weighted by atomic mass is 10.1. The van der Waals surface area contributed by atoms with E-state index in [0.717, 1.165) is 35.7 Å². The van der Waals surface area contributed by atoms with E-state index < -0.39 is 18.4 Å². The molecule has 50 heavy (non-hydrogen) atoms. The highest BCUT2D eigenvalue weighted by Gasteiger charge is 2.14. The van der Waals surface area contributed by atoms with E-state index in [1.807, 2.05) is 43.3 Å². The Balaban J connectivity index is 0.000000271. The Morgan fingerprint density at radius 3 is 1.90 bits per heavy atom. The van der Waals surface area contributed by atoms with Crippen LogP contribution in [0.5, 0.6) is 17.2 Å². The van der Waals surface area contributed by atoms with E-state index in [0.29, 0.717) is 22.6 Å². The minimum Gasteiger partial charge on any atom is -0.497 e. The van der Waals surface area contributed by atoms with Crippen LogP contribution in [0, 0.1) is 6.92 Å². The fraction of sp³-hybridized carbons (Fsp3) is 0.300. The van der Waals surface area contributed by atoms with Crippen molar-refractivity contribution in [1.82, 2.24) is 5.32 Å². The zero-order valence-electron chi connectivity index (χ0n) is 29.1. The number of esters is 1. The SMILES string of the molecule is CCCCCCCOc1ccc(C(=O)Oc2ccc(C)cc2)cc1.COc1ccc(CC(=O)N(C)c2ccc(C(=O)NCC(=O)O)cc2)cc1. The van der Waals surface area contributed by atoms with E-state index in [9.17, 15) is 19.2 Å². The average molecular weight is 683 g/mol. The third kappa shape index (κ3) is 13.5. The van der Waals surface area contributed by atoms with E-state index >= 15 is 0 Å². The van der Waals surface area contributed by atoms with Gasteiger partial charge in [0.1, 0.15) is 23.8 Å². The lowest BCUT2D eigenvalue weighted by Crippen LogP contribution is -2.29. The molecule has 0 unspecified atom stereocenters. The number of anilines is 1. The number of unbranched alkanes of at least 4 members (excludes halogenated alkanes) is 4. The number of hydrogen-bond acceptors (Lipinski definition) is 7. The molecule has 0 aliphatic rings. The predicted molar refractivity (Wildman–Crippen MR) is 193 cm³/mol. The molecule has 2 amide bonds. The van der Waals surface area contributed by atoms with Crippen LogP contribution in [0.15, 0.2) is 97.1 Å². The number of carboxylic acids is 1. The van der Waals surface area contributed by atoms with Crippen molar-refractivity contribution in [2.75, 3.05) is 32.2 Å². The molecule has 10 heteroatoms. The number of aryl methyl sites for hydroxylation is 1. The van der Waals surface area contributed by atoms with E-state index in [-0.39, 0.29) is 18.3 Å². The molecule has 0 radical (unpaired) electrons. The quantitative estimate of drug-likeness (QED) is 0.0716. The summed E-state index contributed by atoms with van der Waals surface area (Å²) in [5, 5.41) is 10.9. The Bertz CT molecular complexity index is 1650. The second kappa shape index (κ2) is 20.7. The third-order valence-corrected chi connectivity index (χ3v) is 7.64. The van der Waals surface area contributed by atoms with Crippen molar-refractivity contribution >= 4 is 29.4 Å². The molecule has 0 atom stereocenters. The van der Waals surface area contributed by atoms with Crippen molar-refractivity contribution in [2.24, 2.45) is 0 Å². The Morgan fingerprint density at radius 2 is 1.30 bits per heavy atom. The topological polar surface area (TPSA) is 131 Å². The summed E-state index contributed by atoms with van der Waals surface area (Å²) in [6.45, 7) is 4.48. The highest BCUT2D eigenvalue weighted by atomic mass is 16.5. The number of aliphatic carboxylic acids is 1. The molecule has 0 spiro atoms. The average Bonchev–Trinajstić information content (AvgIpc) is 3.13. The van der Waals surface area contributed by atoms with Crippen LogP contribution in [0.3, 0.4) is 0 Å². The summed E-state index contributed by atoms with van der Waals surface area (Å²) in [6.07, 6.45) is 6.32. The summed E-state index contributed by atoms with van der Waals surface area (Å²) in [5.41, 5.74) is 3.48. The highest BCUT2D eigenvalue weighted by Crippen LogP contribution is 2.19. The number of ether oxygens (including phenoxy) is 3. The molecule has 0 aromatic heterocycles. The molecule has 10 nitrogen and oxygen atoms in total. The molecule has 0 fully saturated rings. The summed E-state index contributed by atoms with van der Waals surface area (Å²) in [7, 11) is 3.24. The summed E-state index contributed by atoms with van der Waals surface area (Å²) >= 11 is 0. The van der Waals surface area contributed by atoms with Crippen LogP contribution in [0.25, 0.3) is 0 Å². The minimum absolute atomic E-state index is 0.0988. The molecule has 0 heterocycles. The Labute approximate surface area is 294 Å². The first-order valence-electron chi connectivity index (χ1n) is 16.6. The van der Waals surface area contributed by atoms with Crippen LogP contribution in [0.2, 0.25) is 0 Å². The number of likely N-dealkylation sites (N-methyl/N-ethyl adjacent to an activating group) is 1. The van der Waals surface area contributed by atoms with Gasteiger partial charge in [-0.1, -0.05) is 62.4 Å². The first kappa shape index (κ1) is 38.8. The third-order valence-electron chi connectivity index (χ3n) is 7.64. The van der Waals surface area contributed by atoms with Gasteiger partial charge in [-0.25, -0.2) is 4.79 Å². The van der Waals surface area contributed by atoms with Gasteiger partial charge in [0.05, 0.1) is 25.7 Å². The first-order valence-corrected chi connectivity index (χ1v) is 16.6. The van der Waals surface area contributed by atoms with E-state index in [2.05, 4.69) is 12.2 Å². The Morgan fingerprint density at radius 1 is 0.720 bits per heavy atom. The number of carbonyl (C=O) groups excluding carboxylic acids is 3. The Hall–Kier alpha value is -5.64. The summed E-state index contributed by atoms with van der Waals surface area (Å²) < 4.78 is 16.1. The second-order valence-corrected chi connectivity index (χ2v) is 11.6. The predicted octanol–water partition coefficient (Wildman–Crippen LogP) is 7.28. The molecule has 0 aliphatic heterocycles. The van der Waals surface area contributed by atoms with Gasteiger partial charge in [0.2, 0.25) is 5.91 Å². The molecule has 0 saturated heterocycles. The van der Waals surface area contributed by atoms with E-state index in [1.165, 1.54) is 30.6 Å². The number of hydrogen-bond donors (Lipinski definition) is 2. The Kier molecular flexibility index (Phi) is 16.0. The molecular formula is C40H46N2O8. The van der Waals surface area contributed by atoms with Crippen molar-refractivity contribution in [2.45, 2.75) is 52.4 Å². The van der Waals surface area contributed by atoms with Crippen LogP contribution in [-0.2, 0) is 16.0 Å². The van der Waals surface area contributed by atoms with Gasteiger partial charge in [-0.05, 0) is 91.7 Å². The standard InChI is InChI=1S/C21H26O3.C19H20N2O5/c1-3-4-5-6-7-16-23-19-14-10-18(11-15-19)21(22)24-20-12-8-17(2)9-13-20;1-21(17(22)11-13-3-9-16(26-2)10-4-13)15-7-5-14(6-8-15)19(25)20-12-18(23)24/h8-15H,3-7,16H2,1-2H3;3-10H,11-12H2,1-2H3,(H,20,25)(H,23,24). The molecule has 4 aromatic carbocycles. The normalized spacial score (nSPS) is 10.2. The maximum Gasteiger partial charge on any atom is 0.343 e. The van der Waals surface area contributed by atoms with Gasteiger partial charge in [-0.3, -0.25) is 14.4 Å². The first-order chi connectivity index (χ1) is 24.1. The molecule has 4 rings (SSSR count). The minimum atomic E-state index is -1.11. The highest BCUT2D eigenvalue weighted by molar-refractivity contribution is 5.98. The zero-order chi connectivity index (χ0) is 36.3. The summed E-state index contributed by atoms with van der Waals surface area (Å²) in [6, 6.07) is 28.2. The molecule has 0 aliphatic carbocycles. The van der Waals surface area contributed by atoms with Gasteiger partial charge in [-0.2, -0.15) is 0 Å². The van der Waals surface area contributed by atoms with Gasteiger partial charge < -0.3 is 29.5 Å². The molecular weight excluding hydrogens is 636 g/mol. The molecule has 0 bridgehead atoms. The number of amides is 2. The van der Waals surface area contributed by atoms with Crippen LogP contribution in [-0.4, -0.2) is 56.2 Å². The molecule has 264 valence electrons. The lowest BCUT2D eigenvalue weighted by Gasteiger charge is -2.18. The fourth-order valence-electron chi connectivity index (χ4n) is 4.63. The van der Waals surface area contributed by atoms with Crippen LogP contribution >= 0.6 is 0 Å². The largest absolute Gasteiger partial charge is 0.497 e. The monoisotopic (exact) mass is 682 g/mol. The van der Waals surface area contributed by atoms with E-state index in [1.54, 1.807) is 74.8 Å². The number of nitrogens with zero attached hydrogens (tertiary/aromatic N) is 1. The number of methoxy groups -OCH3 is 1. The zero-order valence-corrected chi connectivity index (χ0v) is 29.1. The second-order valence-electron chi connectivity index (χ2n) is 11.6. The number of rotatable bonds is 16. The fourth-order valence-corrected chi connectivity index (χ4v) is 4.63. The summed E-state index contributed by atoms with van der Waals surface area (Å²) in [4.78, 5) is 48.3. The van der Waals surface area contributed by atoms with Crippen molar-refractivity contribution in [3.8, 4) is 17.2 Å².